The number of ether oxygens (including phenoxy) is 1. The molecule has 0 bridgehead atoms. The second-order valence-electron chi connectivity index (χ2n) is 7.00. The molecule has 0 atom stereocenters. The Morgan fingerprint density at radius 1 is 1.26 bits per heavy atom. The van der Waals surface area contributed by atoms with Crippen LogP contribution in [0, 0.1) is 12.7 Å². The minimum Gasteiger partial charge on any atom is -0.379 e. The van der Waals surface area contributed by atoms with Gasteiger partial charge in [0.25, 0.3) is 5.91 Å². The molecule has 1 aliphatic rings. The van der Waals surface area contributed by atoms with Gasteiger partial charge >= 0.3 is 0 Å². The Balaban J connectivity index is 1.58. The highest BCUT2D eigenvalue weighted by Gasteiger charge is 2.27. The van der Waals surface area contributed by atoms with E-state index in [2.05, 4.69) is 5.32 Å². The number of thioether (sulfide) groups is 1. The van der Waals surface area contributed by atoms with Crippen molar-refractivity contribution in [3.05, 3.63) is 63.9 Å². The normalized spacial score (nSPS) is 15.1. The molecule has 0 unspecified atom stereocenters. The molecule has 0 spiro atoms. The molecule has 1 aliphatic heterocycles. The first-order valence-electron chi connectivity index (χ1n) is 9.78. The van der Waals surface area contributed by atoms with Gasteiger partial charge in [0.15, 0.2) is 0 Å². The number of hydrogen-bond acceptors (Lipinski definition) is 5. The highest BCUT2D eigenvalue weighted by atomic mass is 35.5. The summed E-state index contributed by atoms with van der Waals surface area (Å²) in [7, 11) is -3.68. The van der Waals surface area contributed by atoms with E-state index in [1.807, 2.05) is 0 Å². The summed E-state index contributed by atoms with van der Waals surface area (Å²) in [6.45, 7) is 3.41. The van der Waals surface area contributed by atoms with E-state index in [1.165, 1.54) is 34.3 Å². The fraction of sp³-hybridized carbons (Fsp3) is 0.381. The monoisotopic (exact) mass is 486 g/mol. The Morgan fingerprint density at radius 2 is 2.00 bits per heavy atom. The second-order valence-corrected chi connectivity index (χ2v) is 10.5. The lowest BCUT2D eigenvalue weighted by Gasteiger charge is -2.26. The number of amides is 1. The summed E-state index contributed by atoms with van der Waals surface area (Å²) in [4.78, 5) is 12.7. The molecule has 2 aromatic carbocycles. The number of benzene rings is 2. The number of morpholine rings is 1. The number of rotatable bonds is 8. The fourth-order valence-electron chi connectivity index (χ4n) is 3.12. The third-order valence-corrected chi connectivity index (χ3v) is 8.14. The summed E-state index contributed by atoms with van der Waals surface area (Å²) in [6.07, 6.45) is 0. The summed E-state index contributed by atoms with van der Waals surface area (Å²) >= 11 is 7.46. The molecule has 1 fully saturated rings. The molecular formula is C21H24ClFN2O4S2. The van der Waals surface area contributed by atoms with Crippen LogP contribution in [0.3, 0.4) is 0 Å². The van der Waals surface area contributed by atoms with Crippen molar-refractivity contribution in [1.29, 1.82) is 0 Å². The van der Waals surface area contributed by atoms with Gasteiger partial charge in [-0.2, -0.15) is 16.1 Å². The van der Waals surface area contributed by atoms with Crippen LogP contribution in [0.15, 0.2) is 41.3 Å². The molecule has 1 N–H and O–H groups in total. The molecule has 1 heterocycles. The van der Waals surface area contributed by atoms with Gasteiger partial charge in [0.2, 0.25) is 10.0 Å². The Morgan fingerprint density at radius 3 is 2.71 bits per heavy atom. The number of aryl methyl sites for hydroxylation is 1. The van der Waals surface area contributed by atoms with Crippen molar-refractivity contribution < 1.29 is 22.3 Å². The molecule has 0 saturated carbocycles. The maximum absolute atomic E-state index is 13.8. The van der Waals surface area contributed by atoms with Crippen LogP contribution >= 0.6 is 23.4 Å². The molecule has 10 heteroatoms. The van der Waals surface area contributed by atoms with Crippen molar-refractivity contribution in [3.63, 3.8) is 0 Å². The number of nitrogens with zero attached hydrogens (tertiary/aromatic N) is 1. The summed E-state index contributed by atoms with van der Waals surface area (Å²) < 4.78 is 46.1. The first-order chi connectivity index (χ1) is 14.8. The van der Waals surface area contributed by atoms with Gasteiger partial charge in [0.05, 0.1) is 18.1 Å². The van der Waals surface area contributed by atoms with Crippen molar-refractivity contribution in [1.82, 2.24) is 9.62 Å². The van der Waals surface area contributed by atoms with E-state index in [-0.39, 0.29) is 16.6 Å². The maximum Gasteiger partial charge on any atom is 0.251 e. The van der Waals surface area contributed by atoms with Crippen LogP contribution in [-0.2, 0) is 20.5 Å². The first kappa shape index (κ1) is 24.0. The van der Waals surface area contributed by atoms with Gasteiger partial charge in [0, 0.05) is 47.3 Å². The molecule has 0 aromatic heterocycles. The van der Waals surface area contributed by atoms with Crippen LogP contribution < -0.4 is 5.32 Å². The molecule has 6 nitrogen and oxygen atoms in total. The lowest BCUT2D eigenvalue weighted by atomic mass is 10.1. The summed E-state index contributed by atoms with van der Waals surface area (Å²) in [5, 5.41) is 3.18. The highest BCUT2D eigenvalue weighted by molar-refractivity contribution is 7.98. The Hall–Kier alpha value is -1.65. The highest BCUT2D eigenvalue weighted by Crippen LogP contribution is 2.24. The topological polar surface area (TPSA) is 75.7 Å². The van der Waals surface area contributed by atoms with Crippen LogP contribution in [0.25, 0.3) is 0 Å². The van der Waals surface area contributed by atoms with E-state index < -0.39 is 10.0 Å². The van der Waals surface area contributed by atoms with Crippen molar-refractivity contribution in [2.75, 3.05) is 38.6 Å². The van der Waals surface area contributed by atoms with Gasteiger partial charge in [-0.1, -0.05) is 23.7 Å². The van der Waals surface area contributed by atoms with Crippen LogP contribution in [0.2, 0.25) is 5.02 Å². The quantitative estimate of drug-likeness (QED) is 0.578. The molecule has 0 radical (unpaired) electrons. The van der Waals surface area contributed by atoms with Crippen LogP contribution in [-0.4, -0.2) is 57.2 Å². The standard InChI is InChI=1S/C21H24ClFN2O4S2/c1-15-5-6-16(31(27,28)25-8-10-29-11-9-25)13-17(15)21(26)24-7-12-30-14-18-19(22)3-2-4-20(18)23/h2-6,13H,7-12,14H2,1H3,(H,24,26). The van der Waals surface area contributed by atoms with Crippen molar-refractivity contribution >= 4 is 39.3 Å². The number of halogens is 2. The van der Waals surface area contributed by atoms with E-state index in [1.54, 1.807) is 25.1 Å². The first-order valence-corrected chi connectivity index (χ1v) is 12.8. The lowest BCUT2D eigenvalue weighted by Crippen LogP contribution is -2.40. The van der Waals surface area contributed by atoms with Crippen LogP contribution in [0.5, 0.6) is 0 Å². The molecule has 3 rings (SSSR count). The van der Waals surface area contributed by atoms with Gasteiger partial charge in [0.1, 0.15) is 5.82 Å². The van der Waals surface area contributed by atoms with Gasteiger partial charge in [-0.15, -0.1) is 0 Å². The maximum atomic E-state index is 13.8. The molecular weight excluding hydrogens is 463 g/mol. The fourth-order valence-corrected chi connectivity index (χ4v) is 5.75. The number of sulfonamides is 1. The third kappa shape index (κ3) is 5.98. The molecule has 0 aliphatic carbocycles. The average molecular weight is 487 g/mol. The molecule has 168 valence electrons. The Bertz CT molecular complexity index is 1020. The number of hydrogen-bond donors (Lipinski definition) is 1. The van der Waals surface area contributed by atoms with E-state index in [0.29, 0.717) is 66.1 Å². The lowest BCUT2D eigenvalue weighted by molar-refractivity contribution is 0.0730. The average Bonchev–Trinajstić information content (AvgIpc) is 2.76. The Kier molecular flexibility index (Phi) is 8.35. The van der Waals surface area contributed by atoms with E-state index >= 15 is 0 Å². The SMILES string of the molecule is Cc1ccc(S(=O)(=O)N2CCOCC2)cc1C(=O)NCCSCc1c(F)cccc1Cl. The predicted molar refractivity (Wildman–Crippen MR) is 121 cm³/mol. The van der Waals surface area contributed by atoms with Gasteiger partial charge < -0.3 is 10.1 Å². The van der Waals surface area contributed by atoms with E-state index in [4.69, 9.17) is 16.3 Å². The Labute approximate surface area is 191 Å². The second kappa shape index (κ2) is 10.8. The zero-order valence-electron chi connectivity index (χ0n) is 17.1. The van der Waals surface area contributed by atoms with Crippen molar-refractivity contribution in [2.45, 2.75) is 17.6 Å². The van der Waals surface area contributed by atoms with Gasteiger partial charge in [-0.3, -0.25) is 4.79 Å². The number of carbonyl (C=O) groups is 1. The molecule has 2 aromatic rings. The minimum absolute atomic E-state index is 0.0914. The molecule has 1 amide bonds. The zero-order valence-corrected chi connectivity index (χ0v) is 19.5. The smallest absolute Gasteiger partial charge is 0.251 e. The minimum atomic E-state index is -3.68. The van der Waals surface area contributed by atoms with Crippen molar-refractivity contribution in [3.8, 4) is 0 Å². The largest absolute Gasteiger partial charge is 0.379 e. The van der Waals surface area contributed by atoms with Gasteiger partial charge in [-0.25, -0.2) is 12.8 Å². The summed E-state index contributed by atoms with van der Waals surface area (Å²) in [5.74, 6) is 0.258. The van der Waals surface area contributed by atoms with Crippen molar-refractivity contribution in [2.24, 2.45) is 0 Å². The van der Waals surface area contributed by atoms with Crippen LogP contribution in [0.1, 0.15) is 21.5 Å². The summed E-state index contributed by atoms with van der Waals surface area (Å²) in [5.41, 5.74) is 1.44. The number of nitrogens with one attached hydrogen (secondary N) is 1. The third-order valence-electron chi connectivity index (χ3n) is 4.90. The van der Waals surface area contributed by atoms with Crippen LogP contribution in [0.4, 0.5) is 4.39 Å². The molecule has 31 heavy (non-hydrogen) atoms. The van der Waals surface area contributed by atoms with Gasteiger partial charge in [-0.05, 0) is 36.8 Å². The van der Waals surface area contributed by atoms with E-state index in [0.717, 1.165) is 0 Å². The van der Waals surface area contributed by atoms with E-state index in [9.17, 15) is 17.6 Å². The zero-order chi connectivity index (χ0) is 22.4. The summed E-state index contributed by atoms with van der Waals surface area (Å²) in [6, 6.07) is 9.14. The number of carbonyl (C=O) groups excluding carboxylic acids is 1. The molecule has 1 saturated heterocycles. The predicted octanol–water partition coefficient (Wildman–Crippen LogP) is 3.47.